The first-order valence-electron chi connectivity index (χ1n) is 14.1. The third-order valence-corrected chi connectivity index (χ3v) is 8.21. The third-order valence-electron chi connectivity index (χ3n) is 7.72. The van der Waals surface area contributed by atoms with Crippen molar-refractivity contribution >= 4 is 45.8 Å². The second-order valence-electron chi connectivity index (χ2n) is 10.4. The summed E-state index contributed by atoms with van der Waals surface area (Å²) in [6.07, 6.45) is 3.49. The molecule has 2 N–H and O–H groups in total. The van der Waals surface area contributed by atoms with Crippen LogP contribution in [0.5, 0.6) is 0 Å². The van der Waals surface area contributed by atoms with E-state index in [1.54, 1.807) is 16.9 Å². The summed E-state index contributed by atoms with van der Waals surface area (Å²) in [5, 5.41) is 9.60. The van der Waals surface area contributed by atoms with Crippen molar-refractivity contribution in [1.29, 1.82) is 0 Å². The number of carbonyl (C=O) groups excluding carboxylic acids is 1. The molecule has 7 aromatic rings. The van der Waals surface area contributed by atoms with Gasteiger partial charge in [0.15, 0.2) is 0 Å². The number of imidazole rings is 1. The maximum atomic E-state index is 14.2. The Hall–Kier alpha value is -5.11. The zero-order chi connectivity index (χ0) is 30.2. The molecule has 9 heteroatoms. The van der Waals surface area contributed by atoms with Gasteiger partial charge in [0.2, 0.25) is 0 Å². The fraction of sp³-hybridized carbons (Fsp3) is 0.0571. The summed E-state index contributed by atoms with van der Waals surface area (Å²) in [7, 11) is 0. The predicted octanol–water partition coefficient (Wildman–Crippen LogP) is 9.05. The fourth-order valence-corrected chi connectivity index (χ4v) is 5.85. The number of nitrogens with one attached hydrogen (secondary N) is 2. The molecule has 0 radical (unpaired) electrons. The van der Waals surface area contributed by atoms with Crippen molar-refractivity contribution in [2.75, 3.05) is 5.32 Å². The number of nitrogens with zero attached hydrogens (tertiary/aromatic N) is 4. The van der Waals surface area contributed by atoms with Crippen molar-refractivity contribution in [3.8, 4) is 28.2 Å². The minimum Gasteiger partial charge on any atom is -0.350 e. The van der Waals surface area contributed by atoms with Crippen LogP contribution < -0.4 is 5.32 Å². The lowest BCUT2D eigenvalue weighted by Crippen LogP contribution is -2.17. The SMILES string of the molecule is C[C@@H](c1ccc(Cl)cc1)n1cnc(-c2ccccc2)c1-c1c(C(=O)Nc2ccnn2-c2ccccc2)[nH]c2cc(Cl)ccc12. The number of para-hydroxylation sites is 1. The van der Waals surface area contributed by atoms with Gasteiger partial charge in [0.25, 0.3) is 5.91 Å². The van der Waals surface area contributed by atoms with Crippen LogP contribution >= 0.6 is 23.2 Å². The Kier molecular flexibility index (Phi) is 7.26. The van der Waals surface area contributed by atoms with Crippen LogP contribution in [0.2, 0.25) is 10.0 Å². The number of H-pyrrole nitrogens is 1. The Morgan fingerprint density at radius 1 is 0.864 bits per heavy atom. The second kappa shape index (κ2) is 11.5. The van der Waals surface area contributed by atoms with Crippen LogP contribution in [0.25, 0.3) is 39.1 Å². The molecule has 0 saturated heterocycles. The first-order chi connectivity index (χ1) is 21.5. The summed E-state index contributed by atoms with van der Waals surface area (Å²) in [4.78, 5) is 22.5. The average Bonchev–Trinajstić information content (AvgIpc) is 3.78. The van der Waals surface area contributed by atoms with Crippen LogP contribution in [0.15, 0.2) is 122 Å². The number of aromatic nitrogens is 5. The molecule has 7 rings (SSSR count). The normalized spacial score (nSPS) is 12.0. The zero-order valence-electron chi connectivity index (χ0n) is 23.6. The van der Waals surface area contributed by atoms with Crippen molar-refractivity contribution in [1.82, 2.24) is 24.3 Å². The molecule has 7 nitrogen and oxygen atoms in total. The minimum atomic E-state index is -0.323. The number of amides is 1. The van der Waals surface area contributed by atoms with Crippen LogP contribution in [0.3, 0.4) is 0 Å². The maximum absolute atomic E-state index is 14.2. The summed E-state index contributed by atoms with van der Waals surface area (Å²) in [5.74, 6) is 0.214. The van der Waals surface area contributed by atoms with Crippen LogP contribution in [0, 0.1) is 0 Å². The smallest absolute Gasteiger partial charge is 0.273 e. The largest absolute Gasteiger partial charge is 0.350 e. The molecule has 216 valence electrons. The van der Waals surface area contributed by atoms with Crippen LogP contribution in [0.4, 0.5) is 5.82 Å². The number of fused-ring (bicyclic) bond motifs is 1. The van der Waals surface area contributed by atoms with Crippen molar-refractivity contribution in [3.63, 3.8) is 0 Å². The van der Waals surface area contributed by atoms with E-state index in [-0.39, 0.29) is 11.9 Å². The number of aromatic amines is 1. The molecule has 0 unspecified atom stereocenters. The standard InChI is InChI=1S/C35H26Cl2N6O/c1-22(23-12-14-25(36)15-13-23)42-21-38-32(24-8-4-2-5-9-24)34(42)31-28-17-16-26(37)20-29(28)40-33(31)35(44)41-30-18-19-39-43(30)27-10-6-3-7-11-27/h2-22,40H,1H3,(H,41,44)/t22-/m0/s1. The molecule has 0 spiro atoms. The lowest BCUT2D eigenvalue weighted by molar-refractivity contribution is 0.102. The highest BCUT2D eigenvalue weighted by Gasteiger charge is 2.28. The number of halogens is 2. The number of hydrogen-bond donors (Lipinski definition) is 2. The van der Waals surface area contributed by atoms with E-state index in [4.69, 9.17) is 28.2 Å². The van der Waals surface area contributed by atoms with E-state index >= 15 is 0 Å². The quantitative estimate of drug-likeness (QED) is 0.187. The van der Waals surface area contributed by atoms with Crippen molar-refractivity contribution in [2.24, 2.45) is 0 Å². The van der Waals surface area contributed by atoms with Gasteiger partial charge < -0.3 is 14.9 Å². The van der Waals surface area contributed by atoms with Gasteiger partial charge in [-0.15, -0.1) is 0 Å². The first-order valence-corrected chi connectivity index (χ1v) is 14.8. The number of rotatable bonds is 7. The van der Waals surface area contributed by atoms with Gasteiger partial charge in [-0.2, -0.15) is 5.10 Å². The van der Waals surface area contributed by atoms with Crippen LogP contribution in [-0.2, 0) is 0 Å². The van der Waals surface area contributed by atoms with E-state index in [1.807, 2.05) is 109 Å². The van der Waals surface area contributed by atoms with Crippen LogP contribution in [-0.4, -0.2) is 30.2 Å². The Morgan fingerprint density at radius 3 is 2.32 bits per heavy atom. The number of hydrogen-bond acceptors (Lipinski definition) is 3. The van der Waals surface area contributed by atoms with E-state index in [9.17, 15) is 4.79 Å². The Morgan fingerprint density at radius 2 is 1.57 bits per heavy atom. The topological polar surface area (TPSA) is 80.5 Å². The molecule has 0 aliphatic rings. The van der Waals surface area contributed by atoms with Gasteiger partial charge in [0, 0.05) is 38.1 Å². The van der Waals surface area contributed by atoms with E-state index < -0.39 is 0 Å². The van der Waals surface area contributed by atoms with Gasteiger partial charge in [0.1, 0.15) is 11.5 Å². The summed E-state index contributed by atoms with van der Waals surface area (Å²) >= 11 is 12.6. The van der Waals surface area contributed by atoms with Gasteiger partial charge in [-0.25, -0.2) is 9.67 Å². The summed E-state index contributed by atoms with van der Waals surface area (Å²) < 4.78 is 3.80. The molecule has 0 bridgehead atoms. The lowest BCUT2D eigenvalue weighted by atomic mass is 9.99. The first kappa shape index (κ1) is 27.7. The van der Waals surface area contributed by atoms with Crippen molar-refractivity contribution in [3.05, 3.63) is 143 Å². The predicted molar refractivity (Wildman–Crippen MR) is 177 cm³/mol. The Balaban J connectivity index is 1.42. The summed E-state index contributed by atoms with van der Waals surface area (Å²) in [5.41, 5.74) is 6.20. The van der Waals surface area contributed by atoms with Gasteiger partial charge in [0.05, 0.1) is 35.6 Å². The van der Waals surface area contributed by atoms with E-state index in [1.165, 1.54) is 0 Å². The van der Waals surface area contributed by atoms with E-state index in [2.05, 4.69) is 26.9 Å². The van der Waals surface area contributed by atoms with Crippen LogP contribution in [0.1, 0.15) is 29.0 Å². The van der Waals surface area contributed by atoms with Crippen molar-refractivity contribution < 1.29 is 4.79 Å². The molecule has 3 aromatic heterocycles. The highest BCUT2D eigenvalue weighted by atomic mass is 35.5. The third kappa shape index (κ3) is 5.06. The van der Waals surface area contributed by atoms with Crippen molar-refractivity contribution in [2.45, 2.75) is 13.0 Å². The molecule has 1 amide bonds. The summed E-state index contributed by atoms with van der Waals surface area (Å²) in [6.45, 7) is 2.10. The highest BCUT2D eigenvalue weighted by molar-refractivity contribution is 6.31. The molecule has 0 aliphatic carbocycles. The van der Waals surface area contributed by atoms with Gasteiger partial charge >= 0.3 is 0 Å². The Labute approximate surface area is 263 Å². The Bertz CT molecular complexity index is 2100. The number of benzene rings is 4. The van der Waals surface area contributed by atoms with Gasteiger partial charge in [-0.05, 0) is 48.9 Å². The zero-order valence-corrected chi connectivity index (χ0v) is 25.1. The molecular weight excluding hydrogens is 591 g/mol. The molecular formula is C35H26Cl2N6O. The molecule has 44 heavy (non-hydrogen) atoms. The molecule has 1 atom stereocenters. The monoisotopic (exact) mass is 616 g/mol. The molecule has 4 aromatic carbocycles. The average molecular weight is 618 g/mol. The van der Waals surface area contributed by atoms with Gasteiger partial charge in [-0.3, -0.25) is 4.79 Å². The highest BCUT2D eigenvalue weighted by Crippen LogP contribution is 2.41. The van der Waals surface area contributed by atoms with E-state index in [0.717, 1.165) is 44.7 Å². The van der Waals surface area contributed by atoms with Gasteiger partial charge in [-0.1, -0.05) is 89.9 Å². The molecule has 3 heterocycles. The molecule has 0 aliphatic heterocycles. The maximum Gasteiger partial charge on any atom is 0.273 e. The second-order valence-corrected chi connectivity index (χ2v) is 11.3. The fourth-order valence-electron chi connectivity index (χ4n) is 5.55. The molecule has 0 saturated carbocycles. The number of carbonyl (C=O) groups is 1. The lowest BCUT2D eigenvalue weighted by Gasteiger charge is -2.19. The summed E-state index contributed by atoms with van der Waals surface area (Å²) in [6, 6.07) is 34.6. The number of anilines is 1. The molecule has 0 fully saturated rings. The minimum absolute atomic E-state index is 0.125. The van der Waals surface area contributed by atoms with E-state index in [0.29, 0.717) is 21.6 Å².